The molecule has 1 aliphatic rings. The van der Waals surface area contributed by atoms with Gasteiger partial charge in [-0.2, -0.15) is 0 Å². The summed E-state index contributed by atoms with van der Waals surface area (Å²) in [6.45, 7) is 1.81. The minimum Gasteiger partial charge on any atom is -0.349 e. The van der Waals surface area contributed by atoms with Crippen molar-refractivity contribution in [1.82, 2.24) is 5.32 Å². The number of anilines is 1. The normalized spacial score (nSPS) is 15.3. The fourth-order valence-corrected chi connectivity index (χ4v) is 2.58. The number of hydrogen-bond acceptors (Lipinski definition) is 3. The van der Waals surface area contributed by atoms with Crippen molar-refractivity contribution in [2.24, 2.45) is 11.7 Å². The van der Waals surface area contributed by atoms with E-state index in [1.165, 1.54) is 0 Å². The second-order valence-electron chi connectivity index (χ2n) is 6.54. The average Bonchev–Trinajstić information content (AvgIpc) is 3.45. The zero-order chi connectivity index (χ0) is 17.8. The molecule has 3 rings (SSSR count). The van der Waals surface area contributed by atoms with Crippen LogP contribution in [0.3, 0.4) is 0 Å². The topological polar surface area (TPSA) is 84.2 Å². The molecule has 4 N–H and O–H groups in total. The second-order valence-corrected chi connectivity index (χ2v) is 6.54. The van der Waals surface area contributed by atoms with Gasteiger partial charge in [-0.15, -0.1) is 12.4 Å². The summed E-state index contributed by atoms with van der Waals surface area (Å²) in [4.78, 5) is 24.4. The molecule has 0 bridgehead atoms. The Balaban J connectivity index is 0.00000243. The van der Waals surface area contributed by atoms with Crippen LogP contribution in [-0.2, 0) is 4.79 Å². The molecule has 2 atom stereocenters. The highest BCUT2D eigenvalue weighted by Crippen LogP contribution is 2.22. The van der Waals surface area contributed by atoms with Gasteiger partial charge in [0.05, 0.1) is 5.92 Å². The number of amides is 2. The van der Waals surface area contributed by atoms with Crippen LogP contribution in [0.2, 0.25) is 0 Å². The Morgan fingerprint density at radius 2 is 1.65 bits per heavy atom. The van der Waals surface area contributed by atoms with E-state index in [2.05, 4.69) is 10.6 Å². The number of rotatable bonds is 6. The monoisotopic (exact) mass is 373 g/mol. The van der Waals surface area contributed by atoms with Crippen molar-refractivity contribution >= 4 is 29.9 Å². The molecule has 0 aromatic heterocycles. The molecule has 0 aliphatic heterocycles. The highest BCUT2D eigenvalue weighted by molar-refractivity contribution is 5.96. The van der Waals surface area contributed by atoms with Crippen LogP contribution < -0.4 is 16.4 Å². The third kappa shape index (κ3) is 5.07. The predicted molar refractivity (Wildman–Crippen MR) is 105 cm³/mol. The van der Waals surface area contributed by atoms with Gasteiger partial charge in [-0.1, -0.05) is 37.3 Å². The van der Waals surface area contributed by atoms with Gasteiger partial charge >= 0.3 is 0 Å². The standard InChI is InChI=1S/C20H23N3O2.ClH/c1-13(18(21)14-5-3-2-4-6-14)19(24)22-16-9-7-15(8-10-16)20(25)23-17-11-12-17;/h2-10,13,17-18H,11-12,21H2,1H3,(H,22,24)(H,23,25);1H. The lowest BCUT2D eigenvalue weighted by Crippen LogP contribution is -2.30. The van der Waals surface area contributed by atoms with Crippen LogP contribution in [0.1, 0.15) is 41.7 Å². The van der Waals surface area contributed by atoms with Crippen molar-refractivity contribution in [2.75, 3.05) is 5.32 Å². The van der Waals surface area contributed by atoms with E-state index in [1.54, 1.807) is 24.3 Å². The molecule has 2 aromatic carbocycles. The molecule has 0 heterocycles. The van der Waals surface area contributed by atoms with Crippen molar-refractivity contribution in [3.63, 3.8) is 0 Å². The van der Waals surface area contributed by atoms with Crippen molar-refractivity contribution < 1.29 is 9.59 Å². The lowest BCUT2D eigenvalue weighted by atomic mass is 9.94. The zero-order valence-corrected chi connectivity index (χ0v) is 15.5. The largest absolute Gasteiger partial charge is 0.349 e. The maximum atomic E-state index is 12.4. The van der Waals surface area contributed by atoms with E-state index in [0.29, 0.717) is 17.3 Å². The van der Waals surface area contributed by atoms with Gasteiger partial charge in [-0.25, -0.2) is 0 Å². The van der Waals surface area contributed by atoms with E-state index in [9.17, 15) is 9.59 Å². The van der Waals surface area contributed by atoms with Crippen LogP contribution in [0.4, 0.5) is 5.69 Å². The minimum atomic E-state index is -0.375. The van der Waals surface area contributed by atoms with Crippen molar-refractivity contribution in [1.29, 1.82) is 0 Å². The number of nitrogens with one attached hydrogen (secondary N) is 2. The summed E-state index contributed by atoms with van der Waals surface area (Å²) in [6.07, 6.45) is 2.11. The molecule has 0 spiro atoms. The first-order chi connectivity index (χ1) is 12.0. The first kappa shape index (κ1) is 19.9. The van der Waals surface area contributed by atoms with Crippen molar-refractivity contribution in [3.8, 4) is 0 Å². The fourth-order valence-electron chi connectivity index (χ4n) is 2.58. The Bertz CT molecular complexity index is 745. The van der Waals surface area contributed by atoms with Gasteiger partial charge < -0.3 is 16.4 Å². The summed E-state index contributed by atoms with van der Waals surface area (Å²) in [6, 6.07) is 16.4. The van der Waals surface area contributed by atoms with Crippen LogP contribution >= 0.6 is 12.4 Å². The number of carbonyl (C=O) groups is 2. The Hall–Kier alpha value is -2.37. The molecule has 1 aliphatic carbocycles. The smallest absolute Gasteiger partial charge is 0.251 e. The number of halogens is 1. The number of hydrogen-bond donors (Lipinski definition) is 3. The Kier molecular flexibility index (Phi) is 6.77. The van der Waals surface area contributed by atoms with Crippen LogP contribution in [0.25, 0.3) is 0 Å². The maximum absolute atomic E-state index is 12.4. The summed E-state index contributed by atoms with van der Waals surface area (Å²) in [5.41, 5.74) is 8.37. The highest BCUT2D eigenvalue weighted by atomic mass is 35.5. The second kappa shape index (κ2) is 8.83. The molecule has 0 saturated heterocycles. The van der Waals surface area contributed by atoms with E-state index in [-0.39, 0.29) is 36.2 Å². The third-order valence-corrected chi connectivity index (χ3v) is 4.46. The van der Waals surface area contributed by atoms with Crippen molar-refractivity contribution in [3.05, 3.63) is 65.7 Å². The van der Waals surface area contributed by atoms with E-state index in [4.69, 9.17) is 5.73 Å². The predicted octanol–water partition coefficient (Wildman–Crippen LogP) is 3.28. The van der Waals surface area contributed by atoms with Crippen LogP contribution in [0.5, 0.6) is 0 Å². The molecular weight excluding hydrogens is 350 g/mol. The van der Waals surface area contributed by atoms with E-state index in [1.807, 2.05) is 37.3 Å². The molecule has 5 nitrogen and oxygen atoms in total. The molecule has 1 saturated carbocycles. The first-order valence-electron chi connectivity index (χ1n) is 8.57. The van der Waals surface area contributed by atoms with Crippen molar-refractivity contribution in [2.45, 2.75) is 31.8 Å². The van der Waals surface area contributed by atoms with Crippen LogP contribution in [0, 0.1) is 5.92 Å². The van der Waals surface area contributed by atoms with E-state index >= 15 is 0 Å². The summed E-state index contributed by atoms with van der Waals surface area (Å²) < 4.78 is 0. The highest BCUT2D eigenvalue weighted by Gasteiger charge is 2.24. The molecule has 138 valence electrons. The average molecular weight is 374 g/mol. The summed E-state index contributed by atoms with van der Waals surface area (Å²) in [5, 5.41) is 5.80. The zero-order valence-electron chi connectivity index (χ0n) is 14.6. The Morgan fingerprint density at radius 1 is 1.04 bits per heavy atom. The molecule has 2 aromatic rings. The lowest BCUT2D eigenvalue weighted by molar-refractivity contribution is -0.120. The van der Waals surface area contributed by atoms with Gasteiger partial charge in [-0.05, 0) is 42.7 Å². The van der Waals surface area contributed by atoms with Gasteiger partial charge in [0.1, 0.15) is 0 Å². The van der Waals surface area contributed by atoms with E-state index in [0.717, 1.165) is 18.4 Å². The Labute approximate surface area is 159 Å². The molecule has 2 amide bonds. The molecule has 0 radical (unpaired) electrons. The third-order valence-electron chi connectivity index (χ3n) is 4.46. The number of carbonyl (C=O) groups excluding carboxylic acids is 2. The molecular formula is C20H24ClN3O2. The summed E-state index contributed by atoms with van der Waals surface area (Å²) in [5.74, 6) is -0.591. The first-order valence-corrected chi connectivity index (χ1v) is 8.57. The molecule has 26 heavy (non-hydrogen) atoms. The Morgan fingerprint density at radius 3 is 2.23 bits per heavy atom. The van der Waals surface area contributed by atoms with Gasteiger partial charge in [0.15, 0.2) is 0 Å². The van der Waals surface area contributed by atoms with Crippen LogP contribution in [0.15, 0.2) is 54.6 Å². The fraction of sp³-hybridized carbons (Fsp3) is 0.300. The quantitative estimate of drug-likeness (QED) is 0.726. The lowest BCUT2D eigenvalue weighted by Gasteiger charge is -2.20. The van der Waals surface area contributed by atoms with Gasteiger partial charge in [0, 0.05) is 23.3 Å². The summed E-state index contributed by atoms with van der Waals surface area (Å²) in [7, 11) is 0. The minimum absolute atomic E-state index is 0. The van der Waals surface area contributed by atoms with Gasteiger partial charge in [0.25, 0.3) is 5.91 Å². The van der Waals surface area contributed by atoms with Crippen LogP contribution in [-0.4, -0.2) is 17.9 Å². The number of nitrogens with two attached hydrogens (primary N) is 1. The summed E-state index contributed by atoms with van der Waals surface area (Å²) >= 11 is 0. The van der Waals surface area contributed by atoms with Gasteiger partial charge in [-0.3, -0.25) is 9.59 Å². The maximum Gasteiger partial charge on any atom is 0.251 e. The van der Waals surface area contributed by atoms with E-state index < -0.39 is 0 Å². The SMILES string of the molecule is CC(C(=O)Nc1ccc(C(=O)NC2CC2)cc1)C(N)c1ccccc1.Cl. The molecule has 2 unspecified atom stereocenters. The molecule has 1 fully saturated rings. The van der Waals surface area contributed by atoms with Gasteiger partial charge in [0.2, 0.25) is 5.91 Å². The molecule has 6 heteroatoms. The number of benzene rings is 2.